The van der Waals surface area contributed by atoms with Gasteiger partial charge in [-0.2, -0.15) is 5.26 Å². The third-order valence-electron chi connectivity index (χ3n) is 3.09. The van der Waals surface area contributed by atoms with E-state index in [-0.39, 0.29) is 18.9 Å². The molecule has 0 bridgehead atoms. The Bertz CT molecular complexity index is 512. The van der Waals surface area contributed by atoms with Crippen LogP contribution in [0.4, 0.5) is 4.39 Å². The number of hydrogen-bond donors (Lipinski definition) is 1. The van der Waals surface area contributed by atoms with Crippen molar-refractivity contribution in [1.29, 1.82) is 5.26 Å². The second-order valence-corrected chi connectivity index (χ2v) is 5.70. The number of carbonyl (C=O) groups is 1. The molecule has 0 aliphatic carbocycles. The van der Waals surface area contributed by atoms with Crippen LogP contribution in [0.3, 0.4) is 0 Å². The van der Waals surface area contributed by atoms with E-state index in [1.807, 2.05) is 18.4 Å². The minimum absolute atomic E-state index is 0.0408. The Kier molecular flexibility index (Phi) is 4.12. The van der Waals surface area contributed by atoms with E-state index in [4.69, 9.17) is 11.0 Å². The highest BCUT2D eigenvalue weighted by Crippen LogP contribution is 2.21. The van der Waals surface area contributed by atoms with Crippen LogP contribution in [-0.2, 0) is 11.2 Å². The average molecular weight is 282 g/mol. The molecule has 1 fully saturated rings. The topological polar surface area (TPSA) is 83.0 Å². The Morgan fingerprint density at radius 3 is 3.16 bits per heavy atom. The summed E-state index contributed by atoms with van der Waals surface area (Å²) in [7, 11) is 0. The zero-order valence-corrected chi connectivity index (χ0v) is 11.4. The number of nitrogens with two attached hydrogens (primary N) is 1. The molecule has 1 aliphatic rings. The molecule has 0 saturated carbocycles. The van der Waals surface area contributed by atoms with Gasteiger partial charge in [-0.15, -0.1) is 11.3 Å². The predicted octanol–water partition coefficient (Wildman–Crippen LogP) is 0.784. The normalized spacial score (nSPS) is 24.2. The largest absolute Gasteiger partial charge is 0.322 e. The number of thiazole rings is 1. The molecule has 0 aromatic carbocycles. The first-order chi connectivity index (χ1) is 9.01. The van der Waals surface area contributed by atoms with E-state index in [1.165, 1.54) is 16.2 Å². The number of rotatable bonds is 3. The molecule has 1 saturated heterocycles. The van der Waals surface area contributed by atoms with E-state index < -0.39 is 18.3 Å². The van der Waals surface area contributed by atoms with Crippen molar-refractivity contribution in [1.82, 2.24) is 9.88 Å². The van der Waals surface area contributed by atoms with E-state index in [9.17, 15) is 9.18 Å². The number of nitriles is 1. The third-order valence-corrected chi connectivity index (χ3v) is 3.92. The quantitative estimate of drug-likeness (QED) is 0.888. The highest BCUT2D eigenvalue weighted by Gasteiger charge is 2.37. The molecule has 7 heteroatoms. The molecule has 2 rings (SSSR count). The molecule has 19 heavy (non-hydrogen) atoms. The van der Waals surface area contributed by atoms with Gasteiger partial charge >= 0.3 is 0 Å². The molecular formula is C12H15FN4OS. The first-order valence-corrected chi connectivity index (χ1v) is 6.90. The van der Waals surface area contributed by atoms with Crippen LogP contribution in [0.1, 0.15) is 17.1 Å². The summed E-state index contributed by atoms with van der Waals surface area (Å²) < 4.78 is 13.3. The van der Waals surface area contributed by atoms with Crippen molar-refractivity contribution in [2.24, 2.45) is 5.73 Å². The monoisotopic (exact) mass is 282 g/mol. The first kappa shape index (κ1) is 13.9. The standard InChI is InChI=1S/C12H15FN4OS/c1-7-16-9(6-19-7)3-11(15)12(18)17-5-8(13)2-10(17)4-14/h6,8,10-11H,2-3,5,15H2,1H3/t8-,10-,11-/m0/s1. The van der Waals surface area contributed by atoms with E-state index in [2.05, 4.69) is 4.98 Å². The Labute approximate surface area is 114 Å². The van der Waals surface area contributed by atoms with Gasteiger partial charge in [0.1, 0.15) is 12.2 Å². The van der Waals surface area contributed by atoms with Gasteiger partial charge in [-0.05, 0) is 6.92 Å². The van der Waals surface area contributed by atoms with Gasteiger partial charge in [0.2, 0.25) is 5.91 Å². The molecule has 102 valence electrons. The van der Waals surface area contributed by atoms with Crippen LogP contribution in [0.5, 0.6) is 0 Å². The fourth-order valence-electron chi connectivity index (χ4n) is 2.18. The summed E-state index contributed by atoms with van der Waals surface area (Å²) in [6.07, 6.45) is -0.748. The molecule has 5 nitrogen and oxygen atoms in total. The van der Waals surface area contributed by atoms with E-state index in [1.54, 1.807) is 0 Å². The number of aromatic nitrogens is 1. The molecule has 2 N–H and O–H groups in total. The van der Waals surface area contributed by atoms with Crippen LogP contribution >= 0.6 is 11.3 Å². The fraction of sp³-hybridized carbons (Fsp3) is 0.583. The SMILES string of the molecule is Cc1nc(C[C@H](N)C(=O)N2C[C@@H](F)C[C@H]2C#N)cs1. The van der Waals surface area contributed by atoms with Crippen molar-refractivity contribution in [3.8, 4) is 6.07 Å². The number of carbonyl (C=O) groups excluding carboxylic acids is 1. The van der Waals surface area contributed by atoms with E-state index in [0.29, 0.717) is 6.42 Å². The summed E-state index contributed by atoms with van der Waals surface area (Å²) in [6, 6.07) is 0.466. The summed E-state index contributed by atoms with van der Waals surface area (Å²) in [5.74, 6) is -0.377. The smallest absolute Gasteiger partial charge is 0.241 e. The first-order valence-electron chi connectivity index (χ1n) is 6.02. The van der Waals surface area contributed by atoms with Crippen LogP contribution < -0.4 is 5.73 Å². The number of alkyl halides is 1. The average Bonchev–Trinajstić information content (AvgIpc) is 2.94. The van der Waals surface area contributed by atoms with Crippen LogP contribution in [-0.4, -0.2) is 40.6 Å². The lowest BCUT2D eigenvalue weighted by atomic mass is 10.1. The molecule has 0 spiro atoms. The zero-order chi connectivity index (χ0) is 14.0. The predicted molar refractivity (Wildman–Crippen MR) is 69.2 cm³/mol. The van der Waals surface area contributed by atoms with Gasteiger partial charge in [-0.3, -0.25) is 4.79 Å². The number of halogens is 1. The third kappa shape index (κ3) is 3.08. The number of aryl methyl sites for hydroxylation is 1. The Balaban J connectivity index is 2.01. The Morgan fingerprint density at radius 2 is 2.58 bits per heavy atom. The number of amides is 1. The van der Waals surface area contributed by atoms with Crippen LogP contribution in [0, 0.1) is 18.3 Å². The molecular weight excluding hydrogens is 267 g/mol. The lowest BCUT2D eigenvalue weighted by Crippen LogP contribution is -2.47. The van der Waals surface area contributed by atoms with Gasteiger partial charge in [-0.25, -0.2) is 9.37 Å². The summed E-state index contributed by atoms with van der Waals surface area (Å²) in [5.41, 5.74) is 6.60. The number of hydrogen-bond acceptors (Lipinski definition) is 5. The van der Waals surface area contributed by atoms with Gasteiger partial charge in [0.25, 0.3) is 0 Å². The van der Waals surface area contributed by atoms with Crippen LogP contribution in [0.2, 0.25) is 0 Å². The lowest BCUT2D eigenvalue weighted by molar-refractivity contribution is -0.132. The minimum atomic E-state index is -1.14. The lowest BCUT2D eigenvalue weighted by Gasteiger charge is -2.22. The van der Waals surface area contributed by atoms with Gasteiger partial charge < -0.3 is 10.6 Å². The number of likely N-dealkylation sites (tertiary alicyclic amines) is 1. The molecule has 1 aromatic rings. The molecule has 1 amide bonds. The van der Waals surface area contributed by atoms with E-state index in [0.717, 1.165) is 10.7 Å². The van der Waals surface area contributed by atoms with Crippen molar-refractivity contribution >= 4 is 17.2 Å². The van der Waals surface area contributed by atoms with Crippen molar-refractivity contribution < 1.29 is 9.18 Å². The highest BCUT2D eigenvalue weighted by molar-refractivity contribution is 7.09. The Morgan fingerprint density at radius 1 is 1.84 bits per heavy atom. The number of nitrogens with zero attached hydrogens (tertiary/aromatic N) is 3. The van der Waals surface area contributed by atoms with Crippen LogP contribution in [0.15, 0.2) is 5.38 Å². The van der Waals surface area contributed by atoms with Gasteiger partial charge in [0.15, 0.2) is 0 Å². The summed E-state index contributed by atoms with van der Waals surface area (Å²) in [4.78, 5) is 17.6. The zero-order valence-electron chi connectivity index (χ0n) is 10.5. The van der Waals surface area contributed by atoms with Gasteiger partial charge in [0, 0.05) is 18.2 Å². The van der Waals surface area contributed by atoms with Gasteiger partial charge in [0.05, 0.1) is 29.4 Å². The van der Waals surface area contributed by atoms with Crippen molar-refractivity contribution in [2.75, 3.05) is 6.54 Å². The minimum Gasteiger partial charge on any atom is -0.322 e. The van der Waals surface area contributed by atoms with Crippen molar-refractivity contribution in [3.05, 3.63) is 16.1 Å². The molecule has 0 radical (unpaired) electrons. The molecule has 1 aliphatic heterocycles. The van der Waals surface area contributed by atoms with Crippen molar-refractivity contribution in [3.63, 3.8) is 0 Å². The summed E-state index contributed by atoms with van der Waals surface area (Å²) in [5, 5.41) is 11.7. The maximum Gasteiger partial charge on any atom is 0.241 e. The second-order valence-electron chi connectivity index (χ2n) is 4.64. The molecule has 2 heterocycles. The second kappa shape index (κ2) is 5.63. The summed E-state index contributed by atoms with van der Waals surface area (Å²) >= 11 is 1.49. The molecule has 0 unspecified atom stereocenters. The maximum absolute atomic E-state index is 13.3. The van der Waals surface area contributed by atoms with Crippen LogP contribution in [0.25, 0.3) is 0 Å². The highest BCUT2D eigenvalue weighted by atomic mass is 32.1. The van der Waals surface area contributed by atoms with Crippen molar-refractivity contribution in [2.45, 2.75) is 38.0 Å². The fourth-order valence-corrected chi connectivity index (χ4v) is 2.80. The van der Waals surface area contributed by atoms with E-state index >= 15 is 0 Å². The maximum atomic E-state index is 13.3. The summed E-state index contributed by atoms with van der Waals surface area (Å²) in [6.45, 7) is 1.84. The molecule has 3 atom stereocenters. The van der Waals surface area contributed by atoms with Gasteiger partial charge in [-0.1, -0.05) is 0 Å². The Hall–Kier alpha value is -1.52. The molecule has 1 aromatic heterocycles.